The first-order chi connectivity index (χ1) is 4.33. The summed E-state index contributed by atoms with van der Waals surface area (Å²) < 4.78 is 0. The Morgan fingerprint density at radius 2 is 1.90 bits per heavy atom. The molecule has 1 rings (SSSR count). The molecule has 0 aromatic carbocycles. The molecule has 1 aliphatic heterocycles. The van der Waals surface area contributed by atoms with Gasteiger partial charge in [-0.25, -0.2) is 0 Å². The van der Waals surface area contributed by atoms with Crippen LogP contribution in [0.2, 0.25) is 0 Å². The Hall–Kier alpha value is -0.0800. The lowest BCUT2D eigenvalue weighted by Crippen LogP contribution is -2.33. The van der Waals surface area contributed by atoms with E-state index >= 15 is 0 Å². The van der Waals surface area contributed by atoms with Gasteiger partial charge in [0.2, 0.25) is 0 Å². The van der Waals surface area contributed by atoms with Crippen molar-refractivity contribution < 1.29 is 4.79 Å². The Kier molecular flexibility index (Phi) is 4.65. The van der Waals surface area contributed by atoms with Gasteiger partial charge in [-0.1, -0.05) is 6.92 Å². The zero-order valence-corrected chi connectivity index (χ0v) is 7.12. The van der Waals surface area contributed by atoms with Crippen molar-refractivity contribution in [3.63, 3.8) is 0 Å². The van der Waals surface area contributed by atoms with Crippen molar-refractivity contribution in [1.29, 1.82) is 0 Å². The maximum Gasteiger partial charge on any atom is 0.135 e. The molecule has 0 unspecified atom stereocenters. The van der Waals surface area contributed by atoms with E-state index in [1.165, 1.54) is 0 Å². The quantitative estimate of drug-likeness (QED) is 0.577. The van der Waals surface area contributed by atoms with Crippen LogP contribution >= 0.6 is 12.4 Å². The monoisotopic (exact) mass is 163 g/mol. The molecule has 60 valence electrons. The summed E-state index contributed by atoms with van der Waals surface area (Å²) in [6, 6.07) is 0. The molecular weight excluding hydrogens is 150 g/mol. The number of nitrogens with zero attached hydrogens (tertiary/aromatic N) is 1. The normalized spacial score (nSPS) is 20.3. The molecule has 0 aromatic rings. The van der Waals surface area contributed by atoms with Gasteiger partial charge in [0.1, 0.15) is 5.78 Å². The molecule has 0 amide bonds. The molecule has 10 heavy (non-hydrogen) atoms. The molecule has 3 heteroatoms. The lowest BCUT2D eigenvalue weighted by atomic mass is 10.1. The Balaban J connectivity index is 0.000000810. The molecule has 0 atom stereocenters. The highest BCUT2D eigenvalue weighted by Crippen LogP contribution is 2.03. The van der Waals surface area contributed by atoms with Gasteiger partial charge < -0.3 is 4.90 Å². The zero-order chi connectivity index (χ0) is 6.69. The van der Waals surface area contributed by atoms with Crippen LogP contribution in [0.15, 0.2) is 0 Å². The maximum absolute atomic E-state index is 10.7. The van der Waals surface area contributed by atoms with Gasteiger partial charge in [0.05, 0.1) is 0 Å². The van der Waals surface area contributed by atoms with Gasteiger partial charge in [-0.2, -0.15) is 0 Å². The Morgan fingerprint density at radius 3 is 2.30 bits per heavy atom. The molecule has 0 N–H and O–H groups in total. The number of hydrogen-bond acceptors (Lipinski definition) is 2. The molecule has 1 saturated heterocycles. The summed E-state index contributed by atoms with van der Waals surface area (Å²) in [4.78, 5) is 13.0. The third-order valence-electron chi connectivity index (χ3n) is 1.86. The molecule has 0 aromatic heterocycles. The predicted molar refractivity (Wildman–Crippen MR) is 43.6 cm³/mol. The largest absolute Gasteiger partial charge is 0.303 e. The van der Waals surface area contributed by atoms with Crippen molar-refractivity contribution in [2.24, 2.45) is 0 Å². The zero-order valence-electron chi connectivity index (χ0n) is 6.30. The second-order valence-electron chi connectivity index (χ2n) is 2.47. The number of Topliss-reactive ketones (excluding diaryl/α,β-unsaturated/α-hetero) is 1. The molecule has 1 fully saturated rings. The van der Waals surface area contributed by atoms with Crippen molar-refractivity contribution in [2.75, 3.05) is 19.6 Å². The third kappa shape index (κ3) is 2.67. The van der Waals surface area contributed by atoms with Crippen LogP contribution in [-0.2, 0) is 4.79 Å². The first-order valence-corrected chi connectivity index (χ1v) is 3.57. The van der Waals surface area contributed by atoms with E-state index in [9.17, 15) is 4.79 Å². The summed E-state index contributed by atoms with van der Waals surface area (Å²) in [5, 5.41) is 0. The van der Waals surface area contributed by atoms with Crippen LogP contribution in [0.5, 0.6) is 0 Å². The van der Waals surface area contributed by atoms with Gasteiger partial charge in [0.15, 0.2) is 0 Å². The standard InChI is InChI=1S/C7H13NO.ClH/c1-2-8-5-3-7(9)4-6-8;/h2-6H2,1H3;1H. The van der Waals surface area contributed by atoms with E-state index in [-0.39, 0.29) is 12.4 Å². The predicted octanol–water partition coefficient (Wildman–Crippen LogP) is 1.09. The number of likely N-dealkylation sites (tertiary alicyclic amines) is 1. The number of piperidine rings is 1. The number of ketones is 1. The van der Waals surface area contributed by atoms with E-state index in [1.807, 2.05) is 0 Å². The van der Waals surface area contributed by atoms with E-state index in [2.05, 4.69) is 11.8 Å². The average Bonchev–Trinajstić information content (AvgIpc) is 1.90. The number of rotatable bonds is 1. The number of hydrogen-bond donors (Lipinski definition) is 0. The fraction of sp³-hybridized carbons (Fsp3) is 0.857. The lowest BCUT2D eigenvalue weighted by molar-refractivity contribution is -0.121. The minimum Gasteiger partial charge on any atom is -0.303 e. The smallest absolute Gasteiger partial charge is 0.135 e. The molecule has 0 aliphatic carbocycles. The van der Waals surface area contributed by atoms with E-state index in [4.69, 9.17) is 0 Å². The van der Waals surface area contributed by atoms with Crippen LogP contribution in [0, 0.1) is 0 Å². The Bertz CT molecular complexity index is 106. The topological polar surface area (TPSA) is 20.3 Å². The maximum atomic E-state index is 10.7. The van der Waals surface area contributed by atoms with Crippen LogP contribution in [0.4, 0.5) is 0 Å². The van der Waals surface area contributed by atoms with Gasteiger partial charge in [-0.15, -0.1) is 12.4 Å². The molecular formula is C7H14ClNO. The SMILES string of the molecule is CCN1CCC(=O)CC1.Cl. The number of carbonyl (C=O) groups is 1. The van der Waals surface area contributed by atoms with Crippen molar-refractivity contribution in [2.45, 2.75) is 19.8 Å². The van der Waals surface area contributed by atoms with Crippen molar-refractivity contribution in [1.82, 2.24) is 4.90 Å². The molecule has 0 radical (unpaired) electrons. The van der Waals surface area contributed by atoms with Gasteiger partial charge in [-0.3, -0.25) is 4.79 Å². The van der Waals surface area contributed by atoms with E-state index in [0.29, 0.717) is 5.78 Å². The summed E-state index contributed by atoms with van der Waals surface area (Å²) in [7, 11) is 0. The molecule has 2 nitrogen and oxygen atoms in total. The van der Waals surface area contributed by atoms with Crippen LogP contribution < -0.4 is 0 Å². The van der Waals surface area contributed by atoms with Crippen molar-refractivity contribution in [3.05, 3.63) is 0 Å². The molecule has 0 bridgehead atoms. The number of halogens is 1. The first-order valence-electron chi connectivity index (χ1n) is 3.57. The fourth-order valence-electron chi connectivity index (χ4n) is 1.12. The second kappa shape index (κ2) is 4.69. The summed E-state index contributed by atoms with van der Waals surface area (Å²) in [5.74, 6) is 0.430. The third-order valence-corrected chi connectivity index (χ3v) is 1.86. The highest BCUT2D eigenvalue weighted by molar-refractivity contribution is 5.85. The van der Waals surface area contributed by atoms with E-state index in [1.54, 1.807) is 0 Å². The molecule has 1 heterocycles. The van der Waals surface area contributed by atoms with E-state index in [0.717, 1.165) is 32.5 Å². The minimum absolute atomic E-state index is 0. The molecule has 1 aliphatic rings. The van der Waals surface area contributed by atoms with Crippen LogP contribution in [0.3, 0.4) is 0 Å². The highest BCUT2D eigenvalue weighted by atomic mass is 35.5. The van der Waals surface area contributed by atoms with Gasteiger partial charge >= 0.3 is 0 Å². The molecule has 0 spiro atoms. The summed E-state index contributed by atoms with van der Waals surface area (Å²) in [5.41, 5.74) is 0. The second-order valence-corrected chi connectivity index (χ2v) is 2.47. The lowest BCUT2D eigenvalue weighted by Gasteiger charge is -2.23. The van der Waals surface area contributed by atoms with E-state index < -0.39 is 0 Å². The highest BCUT2D eigenvalue weighted by Gasteiger charge is 2.13. The van der Waals surface area contributed by atoms with Crippen LogP contribution in [-0.4, -0.2) is 30.3 Å². The number of carbonyl (C=O) groups excluding carboxylic acids is 1. The first kappa shape index (κ1) is 9.92. The Labute approximate surface area is 68.0 Å². The van der Waals surface area contributed by atoms with Crippen LogP contribution in [0.1, 0.15) is 19.8 Å². The summed E-state index contributed by atoms with van der Waals surface area (Å²) in [6.07, 6.45) is 1.54. The van der Waals surface area contributed by atoms with Crippen LogP contribution in [0.25, 0.3) is 0 Å². The minimum atomic E-state index is 0. The average molecular weight is 164 g/mol. The Morgan fingerprint density at radius 1 is 1.40 bits per heavy atom. The van der Waals surface area contributed by atoms with Gasteiger partial charge in [0, 0.05) is 25.9 Å². The molecule has 0 saturated carbocycles. The van der Waals surface area contributed by atoms with Gasteiger partial charge in [0.25, 0.3) is 0 Å². The van der Waals surface area contributed by atoms with Crippen molar-refractivity contribution in [3.8, 4) is 0 Å². The van der Waals surface area contributed by atoms with Crippen molar-refractivity contribution >= 4 is 18.2 Å². The summed E-state index contributed by atoms with van der Waals surface area (Å²) >= 11 is 0. The van der Waals surface area contributed by atoms with Gasteiger partial charge in [-0.05, 0) is 6.54 Å². The fourth-order valence-corrected chi connectivity index (χ4v) is 1.12. The summed E-state index contributed by atoms with van der Waals surface area (Å²) in [6.45, 7) is 5.19.